The lowest BCUT2D eigenvalue weighted by atomic mass is 10.1. The molecule has 1 saturated heterocycles. The smallest absolute Gasteiger partial charge is 0.224 e. The van der Waals surface area contributed by atoms with Crippen molar-refractivity contribution in [2.24, 2.45) is 10.9 Å². The Hall–Kier alpha value is -1.10. The molecule has 0 bridgehead atoms. The number of aliphatic imine (C=N–C) groups is 1. The fourth-order valence-electron chi connectivity index (χ4n) is 2.78. The van der Waals surface area contributed by atoms with Crippen molar-refractivity contribution in [1.82, 2.24) is 10.6 Å². The maximum absolute atomic E-state index is 11.9. The van der Waals surface area contributed by atoms with Gasteiger partial charge in [-0.3, -0.25) is 9.79 Å². The van der Waals surface area contributed by atoms with Gasteiger partial charge in [0.2, 0.25) is 5.91 Å². The number of nitrogens with zero attached hydrogens (tertiary/aromatic N) is 1. The highest BCUT2D eigenvalue weighted by molar-refractivity contribution is 14.0. The fourth-order valence-corrected chi connectivity index (χ4v) is 2.90. The summed E-state index contributed by atoms with van der Waals surface area (Å²) in [6.45, 7) is 4.66. The number of hydrogen-bond acceptors (Lipinski definition) is 4. The van der Waals surface area contributed by atoms with Crippen LogP contribution in [-0.2, 0) is 14.3 Å². The highest BCUT2D eigenvalue weighted by Gasteiger charge is 2.15. The number of guanidine groups is 1. The molecule has 0 radical (unpaired) electrons. The average Bonchev–Trinajstić information content (AvgIpc) is 3.21. The molecule has 7 nitrogen and oxygen atoms in total. The van der Waals surface area contributed by atoms with Crippen LogP contribution in [0.3, 0.4) is 0 Å². The van der Waals surface area contributed by atoms with Gasteiger partial charge >= 0.3 is 0 Å². The normalized spacial score (nSPS) is 16.2. The summed E-state index contributed by atoms with van der Waals surface area (Å²) in [4.78, 5) is 16.1. The molecule has 3 N–H and O–H groups in total. The molecule has 1 heterocycles. The summed E-state index contributed by atoms with van der Waals surface area (Å²) in [5.74, 6) is 1.28. The Kier molecular flexibility index (Phi) is 14.0. The van der Waals surface area contributed by atoms with Gasteiger partial charge in [-0.25, -0.2) is 0 Å². The van der Waals surface area contributed by atoms with Crippen molar-refractivity contribution in [2.45, 2.75) is 25.7 Å². The van der Waals surface area contributed by atoms with Crippen LogP contribution in [0.1, 0.15) is 25.7 Å². The van der Waals surface area contributed by atoms with Crippen LogP contribution in [0.2, 0.25) is 5.02 Å². The standard InChI is InChI=1S/C20H31ClN4O3.HI/c1-22-20(24-11-3-12-27-14-16-9-13-28-15-16)23-10-2-4-19(26)25-18-7-5-17(21)6-8-18;/h5-8,16H,2-4,9-15H2,1H3,(H,25,26)(H2,22,23,24);1H. The summed E-state index contributed by atoms with van der Waals surface area (Å²) in [5.41, 5.74) is 0.752. The average molecular weight is 539 g/mol. The number of amides is 1. The lowest BCUT2D eigenvalue weighted by Crippen LogP contribution is -2.38. The summed E-state index contributed by atoms with van der Waals surface area (Å²) in [6.07, 6.45) is 3.17. The van der Waals surface area contributed by atoms with Gasteiger partial charge in [0.05, 0.1) is 13.2 Å². The van der Waals surface area contributed by atoms with Crippen molar-refractivity contribution in [3.63, 3.8) is 0 Å². The zero-order valence-corrected chi connectivity index (χ0v) is 20.0. The Morgan fingerprint density at radius 3 is 2.62 bits per heavy atom. The minimum absolute atomic E-state index is 0. The largest absolute Gasteiger partial charge is 0.381 e. The van der Waals surface area contributed by atoms with Crippen LogP contribution in [0.4, 0.5) is 5.69 Å². The van der Waals surface area contributed by atoms with Crippen molar-refractivity contribution in [1.29, 1.82) is 0 Å². The van der Waals surface area contributed by atoms with Crippen molar-refractivity contribution in [3.8, 4) is 0 Å². The molecule has 1 amide bonds. The lowest BCUT2D eigenvalue weighted by Gasteiger charge is -2.12. The molecule has 1 aromatic carbocycles. The van der Waals surface area contributed by atoms with E-state index in [0.29, 0.717) is 30.3 Å². The molecule has 2 rings (SSSR count). The summed E-state index contributed by atoms with van der Waals surface area (Å²) in [7, 11) is 1.74. The minimum Gasteiger partial charge on any atom is -0.381 e. The van der Waals surface area contributed by atoms with Gasteiger partial charge in [-0.2, -0.15) is 0 Å². The van der Waals surface area contributed by atoms with E-state index in [-0.39, 0.29) is 29.9 Å². The molecule has 1 unspecified atom stereocenters. The number of halogens is 2. The number of anilines is 1. The number of nitrogens with one attached hydrogen (secondary N) is 3. The summed E-state index contributed by atoms with van der Waals surface area (Å²) >= 11 is 5.83. The Morgan fingerprint density at radius 1 is 1.24 bits per heavy atom. The predicted molar refractivity (Wildman–Crippen MR) is 128 cm³/mol. The summed E-state index contributed by atoms with van der Waals surface area (Å²) in [6, 6.07) is 7.08. The van der Waals surface area contributed by atoms with Gasteiger partial charge in [-0.15, -0.1) is 24.0 Å². The molecule has 1 aliphatic rings. The van der Waals surface area contributed by atoms with E-state index in [0.717, 1.165) is 57.5 Å². The van der Waals surface area contributed by atoms with Gasteiger partial charge in [-0.05, 0) is 43.5 Å². The van der Waals surface area contributed by atoms with Crippen LogP contribution in [-0.4, -0.2) is 58.4 Å². The van der Waals surface area contributed by atoms with E-state index in [9.17, 15) is 4.79 Å². The molecular weight excluding hydrogens is 507 g/mol. The van der Waals surface area contributed by atoms with E-state index in [1.807, 2.05) is 0 Å². The van der Waals surface area contributed by atoms with Gasteiger partial charge in [0.1, 0.15) is 0 Å². The number of ether oxygens (including phenoxy) is 2. The van der Waals surface area contributed by atoms with Crippen molar-refractivity contribution >= 4 is 53.1 Å². The number of carbonyl (C=O) groups is 1. The van der Waals surface area contributed by atoms with Crippen LogP contribution in [0.15, 0.2) is 29.3 Å². The highest BCUT2D eigenvalue weighted by Crippen LogP contribution is 2.14. The highest BCUT2D eigenvalue weighted by atomic mass is 127. The van der Waals surface area contributed by atoms with E-state index in [1.165, 1.54) is 0 Å². The van der Waals surface area contributed by atoms with Crippen molar-refractivity contribution in [2.75, 3.05) is 51.9 Å². The molecule has 164 valence electrons. The third-order valence-electron chi connectivity index (χ3n) is 4.36. The zero-order valence-electron chi connectivity index (χ0n) is 16.9. The third kappa shape index (κ3) is 11.6. The van der Waals surface area contributed by atoms with E-state index >= 15 is 0 Å². The second-order valence-electron chi connectivity index (χ2n) is 6.74. The Balaban J connectivity index is 0.00000420. The Bertz CT molecular complexity index is 610. The van der Waals surface area contributed by atoms with E-state index < -0.39 is 0 Å². The van der Waals surface area contributed by atoms with E-state index in [2.05, 4.69) is 20.9 Å². The van der Waals surface area contributed by atoms with Gasteiger partial charge < -0.3 is 25.4 Å². The summed E-state index contributed by atoms with van der Waals surface area (Å²) in [5, 5.41) is 9.97. The van der Waals surface area contributed by atoms with E-state index in [1.54, 1.807) is 31.3 Å². The molecule has 9 heteroatoms. The molecule has 1 atom stereocenters. The van der Waals surface area contributed by atoms with Crippen molar-refractivity contribution < 1.29 is 14.3 Å². The van der Waals surface area contributed by atoms with E-state index in [4.69, 9.17) is 21.1 Å². The second kappa shape index (κ2) is 15.7. The van der Waals surface area contributed by atoms with Gasteiger partial charge in [0.15, 0.2) is 5.96 Å². The maximum Gasteiger partial charge on any atom is 0.224 e. The molecular formula is C20H32ClIN4O3. The number of hydrogen-bond donors (Lipinski definition) is 3. The molecule has 0 aliphatic carbocycles. The minimum atomic E-state index is -0.0168. The Labute approximate surface area is 195 Å². The Morgan fingerprint density at radius 2 is 1.97 bits per heavy atom. The monoisotopic (exact) mass is 538 g/mol. The number of rotatable bonds is 11. The van der Waals surface area contributed by atoms with Gasteiger partial charge in [0.25, 0.3) is 0 Å². The lowest BCUT2D eigenvalue weighted by molar-refractivity contribution is -0.116. The zero-order chi connectivity index (χ0) is 20.0. The second-order valence-corrected chi connectivity index (χ2v) is 7.18. The topological polar surface area (TPSA) is 84.0 Å². The molecule has 0 spiro atoms. The van der Waals surface area contributed by atoms with Crippen molar-refractivity contribution in [3.05, 3.63) is 29.3 Å². The quantitative estimate of drug-likeness (QED) is 0.174. The molecule has 1 aromatic rings. The van der Waals surface area contributed by atoms with Crippen LogP contribution in [0, 0.1) is 5.92 Å². The fraction of sp³-hybridized carbons (Fsp3) is 0.600. The SMILES string of the molecule is CN=C(NCCCOCC1CCOC1)NCCCC(=O)Nc1ccc(Cl)cc1.I. The molecule has 0 aromatic heterocycles. The first-order chi connectivity index (χ1) is 13.7. The molecule has 1 fully saturated rings. The first-order valence-electron chi connectivity index (χ1n) is 9.83. The first-order valence-corrected chi connectivity index (χ1v) is 10.2. The number of carbonyl (C=O) groups excluding carboxylic acids is 1. The van der Waals surface area contributed by atoms with Crippen LogP contribution in [0.5, 0.6) is 0 Å². The van der Waals surface area contributed by atoms with Gasteiger partial charge in [-0.1, -0.05) is 11.6 Å². The van der Waals surface area contributed by atoms with Gasteiger partial charge in [0, 0.05) is 56.4 Å². The number of benzene rings is 1. The molecule has 1 aliphatic heterocycles. The summed E-state index contributed by atoms with van der Waals surface area (Å²) < 4.78 is 11.0. The first kappa shape index (κ1) is 25.9. The van der Waals surface area contributed by atoms with Crippen LogP contribution >= 0.6 is 35.6 Å². The molecule has 29 heavy (non-hydrogen) atoms. The van der Waals surface area contributed by atoms with Crippen LogP contribution in [0.25, 0.3) is 0 Å². The maximum atomic E-state index is 11.9. The third-order valence-corrected chi connectivity index (χ3v) is 4.61. The molecule has 0 saturated carbocycles. The van der Waals surface area contributed by atoms with Crippen LogP contribution < -0.4 is 16.0 Å². The predicted octanol–water partition coefficient (Wildman–Crippen LogP) is 3.28.